The van der Waals surface area contributed by atoms with Crippen molar-refractivity contribution in [3.05, 3.63) is 22.2 Å². The van der Waals surface area contributed by atoms with Gasteiger partial charge in [0.2, 0.25) is 0 Å². The third-order valence-electron chi connectivity index (χ3n) is 2.50. The maximum absolute atomic E-state index is 14.1. The summed E-state index contributed by atoms with van der Waals surface area (Å²) < 4.78 is 38.1. The lowest BCUT2D eigenvalue weighted by atomic mass is 10.2. The first kappa shape index (κ1) is 18.7. The molecule has 0 saturated heterocycles. The van der Waals surface area contributed by atoms with Gasteiger partial charge in [0.25, 0.3) is 0 Å². The molecule has 0 unspecified atom stereocenters. The lowest BCUT2D eigenvalue weighted by molar-refractivity contribution is 0.0635. The van der Waals surface area contributed by atoms with Crippen LogP contribution in [-0.4, -0.2) is 18.3 Å². The molecule has 0 fully saturated rings. The van der Waals surface area contributed by atoms with Crippen LogP contribution < -0.4 is 10.1 Å². The van der Waals surface area contributed by atoms with Gasteiger partial charge in [0, 0.05) is 6.07 Å². The average Bonchev–Trinajstić information content (AvgIpc) is 2.37. The van der Waals surface area contributed by atoms with E-state index in [9.17, 15) is 13.6 Å². The molecule has 4 nitrogen and oxygen atoms in total. The lowest BCUT2D eigenvalue weighted by Gasteiger charge is -2.20. The van der Waals surface area contributed by atoms with Crippen LogP contribution in [0.2, 0.25) is 0 Å². The van der Waals surface area contributed by atoms with Crippen molar-refractivity contribution < 1.29 is 23.0 Å². The maximum atomic E-state index is 14.1. The summed E-state index contributed by atoms with van der Waals surface area (Å²) in [6.45, 7) is 7.23. The molecular formula is C15H20BrF2NO3. The summed E-state index contributed by atoms with van der Waals surface area (Å²) in [4.78, 5) is 11.7. The Labute approximate surface area is 137 Å². The lowest BCUT2D eigenvalue weighted by Crippen LogP contribution is -2.27. The van der Waals surface area contributed by atoms with E-state index in [2.05, 4.69) is 21.2 Å². The molecule has 7 heteroatoms. The van der Waals surface area contributed by atoms with Gasteiger partial charge in [0.15, 0.2) is 17.4 Å². The molecule has 0 radical (unpaired) electrons. The van der Waals surface area contributed by atoms with E-state index in [1.807, 2.05) is 6.92 Å². The molecule has 1 N–H and O–H groups in total. The van der Waals surface area contributed by atoms with Gasteiger partial charge >= 0.3 is 6.09 Å². The number of anilines is 1. The molecule has 0 bridgehead atoms. The largest absolute Gasteiger partial charge is 0.488 e. The number of carbonyl (C=O) groups excluding carboxylic acids is 1. The van der Waals surface area contributed by atoms with E-state index in [1.54, 1.807) is 20.8 Å². The molecule has 1 rings (SSSR count). The van der Waals surface area contributed by atoms with Crippen molar-refractivity contribution in [1.82, 2.24) is 0 Å². The highest BCUT2D eigenvalue weighted by Crippen LogP contribution is 2.35. The fourth-order valence-electron chi connectivity index (χ4n) is 1.53. The monoisotopic (exact) mass is 379 g/mol. The van der Waals surface area contributed by atoms with Gasteiger partial charge in [-0.15, -0.1) is 0 Å². The van der Waals surface area contributed by atoms with Gasteiger partial charge in [0.05, 0.1) is 16.8 Å². The van der Waals surface area contributed by atoms with Gasteiger partial charge in [-0.25, -0.2) is 13.6 Å². The van der Waals surface area contributed by atoms with Crippen LogP contribution in [0, 0.1) is 11.6 Å². The molecule has 0 saturated carbocycles. The standard InChI is InChI=1S/C15H20BrF2NO3/c1-5-6-7-21-13-9(17)8-10(11(16)12(13)18)19-14(20)22-15(2,3)4/h8H,5-7H2,1-4H3,(H,19,20). The number of nitrogens with one attached hydrogen (secondary N) is 1. The second-order valence-electron chi connectivity index (χ2n) is 5.69. The van der Waals surface area contributed by atoms with Crippen LogP contribution in [0.25, 0.3) is 0 Å². The number of halogens is 3. The van der Waals surface area contributed by atoms with Crippen molar-refractivity contribution in [3.63, 3.8) is 0 Å². The number of carbonyl (C=O) groups is 1. The molecule has 22 heavy (non-hydrogen) atoms. The number of rotatable bonds is 5. The van der Waals surface area contributed by atoms with E-state index in [4.69, 9.17) is 9.47 Å². The first-order chi connectivity index (χ1) is 10.2. The molecule has 0 atom stereocenters. The Kier molecular flexibility index (Phi) is 6.59. The predicted octanol–water partition coefficient (Wildman–Crippen LogP) is 5.25. The first-order valence-corrected chi connectivity index (χ1v) is 7.75. The minimum absolute atomic E-state index is 0.0629. The molecule has 1 aromatic carbocycles. The van der Waals surface area contributed by atoms with Crippen molar-refractivity contribution in [2.45, 2.75) is 46.1 Å². The summed E-state index contributed by atoms with van der Waals surface area (Å²) in [5.41, 5.74) is -0.774. The van der Waals surface area contributed by atoms with E-state index in [1.165, 1.54) is 0 Å². The highest BCUT2D eigenvalue weighted by molar-refractivity contribution is 9.10. The highest BCUT2D eigenvalue weighted by Gasteiger charge is 2.22. The highest BCUT2D eigenvalue weighted by atomic mass is 79.9. The molecule has 0 aliphatic carbocycles. The Bertz CT molecular complexity index is 545. The molecular weight excluding hydrogens is 360 g/mol. The van der Waals surface area contributed by atoms with Crippen molar-refractivity contribution in [2.75, 3.05) is 11.9 Å². The number of ether oxygens (including phenoxy) is 2. The van der Waals surface area contributed by atoms with Gasteiger partial charge < -0.3 is 9.47 Å². The van der Waals surface area contributed by atoms with E-state index >= 15 is 0 Å². The van der Waals surface area contributed by atoms with Gasteiger partial charge in [-0.05, 0) is 43.1 Å². The number of hydrogen-bond acceptors (Lipinski definition) is 3. The fraction of sp³-hybridized carbons (Fsp3) is 0.533. The Balaban J connectivity index is 2.92. The van der Waals surface area contributed by atoms with Crippen LogP contribution >= 0.6 is 15.9 Å². The summed E-state index contributed by atoms with van der Waals surface area (Å²) in [5, 5.41) is 2.30. The minimum Gasteiger partial charge on any atom is -0.488 e. The van der Waals surface area contributed by atoms with Crippen molar-refractivity contribution in [2.24, 2.45) is 0 Å². The van der Waals surface area contributed by atoms with Crippen LogP contribution in [-0.2, 0) is 4.74 Å². The zero-order valence-corrected chi connectivity index (χ0v) is 14.6. The molecule has 0 heterocycles. The molecule has 0 spiro atoms. The van der Waals surface area contributed by atoms with E-state index < -0.39 is 29.1 Å². The van der Waals surface area contributed by atoms with Crippen LogP contribution in [0.1, 0.15) is 40.5 Å². The van der Waals surface area contributed by atoms with Gasteiger partial charge in [-0.2, -0.15) is 0 Å². The summed E-state index contributed by atoms with van der Waals surface area (Å²) in [6.07, 6.45) is 0.739. The van der Waals surface area contributed by atoms with Gasteiger partial charge in [-0.3, -0.25) is 5.32 Å². The Morgan fingerprint density at radius 2 is 2.00 bits per heavy atom. The Morgan fingerprint density at radius 1 is 1.36 bits per heavy atom. The number of amides is 1. The summed E-state index contributed by atoms with van der Waals surface area (Å²) in [6, 6.07) is 0.984. The topological polar surface area (TPSA) is 47.6 Å². The quantitative estimate of drug-likeness (QED) is 0.561. The third-order valence-corrected chi connectivity index (χ3v) is 3.27. The van der Waals surface area contributed by atoms with Crippen LogP contribution in [0.4, 0.5) is 19.3 Å². The van der Waals surface area contributed by atoms with Crippen molar-refractivity contribution in [1.29, 1.82) is 0 Å². The summed E-state index contributed by atoms with van der Waals surface area (Å²) >= 11 is 2.99. The fourth-order valence-corrected chi connectivity index (χ4v) is 1.93. The predicted molar refractivity (Wildman–Crippen MR) is 84.3 cm³/mol. The average molecular weight is 380 g/mol. The maximum Gasteiger partial charge on any atom is 0.412 e. The van der Waals surface area contributed by atoms with Gasteiger partial charge in [-0.1, -0.05) is 13.3 Å². The van der Waals surface area contributed by atoms with Crippen LogP contribution in [0.5, 0.6) is 5.75 Å². The Morgan fingerprint density at radius 3 is 2.55 bits per heavy atom. The number of benzene rings is 1. The molecule has 1 aromatic rings. The normalized spacial score (nSPS) is 11.2. The zero-order chi connectivity index (χ0) is 16.9. The van der Waals surface area contributed by atoms with Crippen LogP contribution in [0.15, 0.2) is 10.5 Å². The van der Waals surface area contributed by atoms with Crippen molar-refractivity contribution >= 4 is 27.7 Å². The van der Waals surface area contributed by atoms with Crippen LogP contribution in [0.3, 0.4) is 0 Å². The number of unbranched alkanes of at least 4 members (excludes halogenated alkanes) is 1. The first-order valence-electron chi connectivity index (χ1n) is 6.96. The number of hydrogen-bond donors (Lipinski definition) is 1. The molecule has 1 amide bonds. The van der Waals surface area contributed by atoms with E-state index in [-0.39, 0.29) is 16.8 Å². The second kappa shape index (κ2) is 7.76. The SMILES string of the molecule is CCCCOc1c(F)cc(NC(=O)OC(C)(C)C)c(Br)c1F. The molecule has 0 aliphatic heterocycles. The van der Waals surface area contributed by atoms with E-state index in [0.717, 1.165) is 12.5 Å². The third kappa shape index (κ3) is 5.44. The molecule has 0 aliphatic rings. The second-order valence-corrected chi connectivity index (χ2v) is 6.48. The molecule has 0 aromatic heterocycles. The zero-order valence-electron chi connectivity index (χ0n) is 13.1. The summed E-state index contributed by atoms with van der Waals surface area (Å²) in [5.74, 6) is -2.25. The van der Waals surface area contributed by atoms with Crippen molar-refractivity contribution in [3.8, 4) is 5.75 Å². The minimum atomic E-state index is -0.901. The molecule has 124 valence electrons. The summed E-state index contributed by atoms with van der Waals surface area (Å²) in [7, 11) is 0. The van der Waals surface area contributed by atoms with E-state index in [0.29, 0.717) is 6.42 Å². The van der Waals surface area contributed by atoms with Gasteiger partial charge in [0.1, 0.15) is 5.60 Å². The Hall–Kier alpha value is -1.37. The smallest absolute Gasteiger partial charge is 0.412 e.